The van der Waals surface area contributed by atoms with Crippen LogP contribution in [0.2, 0.25) is 0 Å². The first-order valence-corrected chi connectivity index (χ1v) is 5.21. The lowest BCUT2D eigenvalue weighted by Gasteiger charge is -2.06. The highest BCUT2D eigenvalue weighted by Crippen LogP contribution is 2.25. The molecule has 0 heterocycles. The van der Waals surface area contributed by atoms with E-state index < -0.39 is 0 Å². The van der Waals surface area contributed by atoms with E-state index in [9.17, 15) is 4.79 Å². The molecule has 0 amide bonds. The molecule has 0 aliphatic rings. The Balaban J connectivity index is 2.71. The van der Waals surface area contributed by atoms with Crippen LogP contribution in [0.15, 0.2) is 28.7 Å². The molecule has 1 nitrogen and oxygen atoms in total. The molecule has 0 aromatic heterocycles. The second-order valence-electron chi connectivity index (χ2n) is 2.93. The fraction of sp³-hybridized carbons (Fsp3) is 0.300. The zero-order chi connectivity index (χ0) is 9.84. The van der Waals surface area contributed by atoms with Gasteiger partial charge in [0.25, 0.3) is 0 Å². The largest absolute Gasteiger partial charge is 0.300 e. The Morgan fingerprint density at radius 1 is 1.46 bits per heavy atom. The zero-order valence-corrected chi connectivity index (χ0v) is 9.60. The van der Waals surface area contributed by atoms with Gasteiger partial charge >= 0.3 is 0 Å². The summed E-state index contributed by atoms with van der Waals surface area (Å²) in [6, 6.07) is 7.69. The zero-order valence-electron chi connectivity index (χ0n) is 7.26. The Kier molecular flexibility index (Phi) is 3.94. The number of carbonyl (C=O) groups excluding carboxylic acids is 1. The third-order valence-electron chi connectivity index (χ3n) is 1.70. The summed E-state index contributed by atoms with van der Waals surface area (Å²) in [5.41, 5.74) is 0.986. The maximum atomic E-state index is 10.8. The van der Waals surface area contributed by atoms with E-state index >= 15 is 0 Å². The van der Waals surface area contributed by atoms with Crippen molar-refractivity contribution in [1.82, 2.24) is 0 Å². The molecular formula is C10H10BrClO. The average Bonchev–Trinajstić information content (AvgIpc) is 2.04. The molecule has 1 atom stereocenters. The Hall–Kier alpha value is -0.340. The first-order chi connectivity index (χ1) is 6.09. The van der Waals surface area contributed by atoms with Crippen molar-refractivity contribution in [3.63, 3.8) is 0 Å². The topological polar surface area (TPSA) is 17.1 Å². The van der Waals surface area contributed by atoms with Gasteiger partial charge < -0.3 is 0 Å². The van der Waals surface area contributed by atoms with Crippen molar-refractivity contribution < 1.29 is 4.79 Å². The van der Waals surface area contributed by atoms with Gasteiger partial charge in [0.15, 0.2) is 0 Å². The van der Waals surface area contributed by atoms with Crippen LogP contribution in [0.1, 0.15) is 24.3 Å². The van der Waals surface area contributed by atoms with Crippen molar-refractivity contribution >= 4 is 33.3 Å². The highest BCUT2D eigenvalue weighted by Gasteiger charge is 2.09. The fourth-order valence-corrected chi connectivity index (χ4v) is 1.67. The van der Waals surface area contributed by atoms with Crippen molar-refractivity contribution in [2.75, 3.05) is 0 Å². The second-order valence-corrected chi connectivity index (χ2v) is 4.37. The minimum atomic E-state index is -0.203. The minimum absolute atomic E-state index is 0.114. The van der Waals surface area contributed by atoms with Crippen LogP contribution in [-0.2, 0) is 4.79 Å². The number of rotatable bonds is 3. The van der Waals surface area contributed by atoms with Crippen molar-refractivity contribution in [2.45, 2.75) is 18.7 Å². The highest BCUT2D eigenvalue weighted by molar-refractivity contribution is 9.10. The maximum Gasteiger partial charge on any atom is 0.131 e. The standard InChI is InChI=1S/C10H10BrClO/c1-7(13)6-10(12)8-2-4-9(11)5-3-8/h2-5,10H,6H2,1H3. The van der Waals surface area contributed by atoms with Gasteiger partial charge in [0, 0.05) is 10.9 Å². The molecule has 0 aliphatic heterocycles. The quantitative estimate of drug-likeness (QED) is 0.758. The molecule has 0 spiro atoms. The molecular weight excluding hydrogens is 251 g/mol. The van der Waals surface area contributed by atoms with Gasteiger partial charge in [-0.25, -0.2) is 0 Å². The molecule has 13 heavy (non-hydrogen) atoms. The third kappa shape index (κ3) is 3.49. The van der Waals surface area contributed by atoms with E-state index in [1.54, 1.807) is 6.92 Å². The summed E-state index contributed by atoms with van der Waals surface area (Å²) in [7, 11) is 0. The van der Waals surface area contributed by atoms with Crippen LogP contribution >= 0.6 is 27.5 Å². The summed E-state index contributed by atoms with van der Waals surface area (Å²) in [6.07, 6.45) is 0.392. The fourth-order valence-electron chi connectivity index (χ4n) is 1.04. The van der Waals surface area contributed by atoms with Gasteiger partial charge in [-0.05, 0) is 24.6 Å². The van der Waals surface area contributed by atoms with Crippen LogP contribution in [0.4, 0.5) is 0 Å². The van der Waals surface area contributed by atoms with Crippen LogP contribution in [0.5, 0.6) is 0 Å². The number of carbonyl (C=O) groups is 1. The first kappa shape index (κ1) is 10.7. The summed E-state index contributed by atoms with van der Waals surface area (Å²) in [6.45, 7) is 1.55. The van der Waals surface area contributed by atoms with E-state index in [0.717, 1.165) is 10.0 Å². The normalized spacial score (nSPS) is 12.5. The summed E-state index contributed by atoms with van der Waals surface area (Å²) < 4.78 is 1.02. The number of benzene rings is 1. The molecule has 0 saturated carbocycles. The predicted molar refractivity (Wildman–Crippen MR) is 58.0 cm³/mol. The van der Waals surface area contributed by atoms with Gasteiger partial charge in [0.2, 0.25) is 0 Å². The van der Waals surface area contributed by atoms with E-state index in [1.807, 2.05) is 24.3 Å². The first-order valence-electron chi connectivity index (χ1n) is 3.98. The lowest BCUT2D eigenvalue weighted by atomic mass is 10.1. The molecule has 0 N–H and O–H groups in total. The lowest BCUT2D eigenvalue weighted by Crippen LogP contribution is -1.97. The summed E-state index contributed by atoms with van der Waals surface area (Å²) in [5.74, 6) is 0.114. The molecule has 0 bridgehead atoms. The van der Waals surface area contributed by atoms with Gasteiger partial charge in [-0.15, -0.1) is 11.6 Å². The van der Waals surface area contributed by atoms with E-state index in [1.165, 1.54) is 0 Å². The van der Waals surface area contributed by atoms with Gasteiger partial charge in [-0.2, -0.15) is 0 Å². The van der Waals surface area contributed by atoms with Crippen molar-refractivity contribution in [3.8, 4) is 0 Å². The van der Waals surface area contributed by atoms with Crippen molar-refractivity contribution in [1.29, 1.82) is 0 Å². The van der Waals surface area contributed by atoms with E-state index in [0.29, 0.717) is 6.42 Å². The third-order valence-corrected chi connectivity index (χ3v) is 2.63. The number of halogens is 2. The SMILES string of the molecule is CC(=O)CC(Cl)c1ccc(Br)cc1. The van der Waals surface area contributed by atoms with Crippen LogP contribution in [0.3, 0.4) is 0 Å². The predicted octanol–water partition coefficient (Wildman–Crippen LogP) is 3.71. The second kappa shape index (κ2) is 4.77. The maximum absolute atomic E-state index is 10.8. The molecule has 1 rings (SSSR count). The number of ketones is 1. The molecule has 70 valence electrons. The van der Waals surface area contributed by atoms with E-state index in [4.69, 9.17) is 11.6 Å². The van der Waals surface area contributed by atoms with Crippen LogP contribution in [-0.4, -0.2) is 5.78 Å². The van der Waals surface area contributed by atoms with Crippen molar-refractivity contribution in [3.05, 3.63) is 34.3 Å². The summed E-state index contributed by atoms with van der Waals surface area (Å²) >= 11 is 9.35. The molecule has 3 heteroatoms. The van der Waals surface area contributed by atoms with Gasteiger partial charge in [0.05, 0.1) is 5.38 Å². The minimum Gasteiger partial charge on any atom is -0.300 e. The number of alkyl halides is 1. The monoisotopic (exact) mass is 260 g/mol. The van der Waals surface area contributed by atoms with Crippen LogP contribution < -0.4 is 0 Å². The van der Waals surface area contributed by atoms with Crippen LogP contribution in [0.25, 0.3) is 0 Å². The van der Waals surface area contributed by atoms with Gasteiger partial charge in [-0.1, -0.05) is 28.1 Å². The van der Waals surface area contributed by atoms with Gasteiger partial charge in [0.1, 0.15) is 5.78 Å². The summed E-state index contributed by atoms with van der Waals surface area (Å²) in [4.78, 5) is 10.8. The molecule has 0 aliphatic carbocycles. The van der Waals surface area contributed by atoms with Crippen molar-refractivity contribution in [2.24, 2.45) is 0 Å². The molecule has 0 fully saturated rings. The smallest absolute Gasteiger partial charge is 0.131 e. The molecule has 0 saturated heterocycles. The van der Waals surface area contributed by atoms with Gasteiger partial charge in [-0.3, -0.25) is 4.79 Å². The Labute approximate surface area is 91.2 Å². The molecule has 1 aromatic carbocycles. The number of hydrogen-bond donors (Lipinski definition) is 0. The van der Waals surface area contributed by atoms with E-state index in [2.05, 4.69) is 15.9 Å². The average molecular weight is 262 g/mol. The van der Waals surface area contributed by atoms with Crippen LogP contribution in [0, 0.1) is 0 Å². The highest BCUT2D eigenvalue weighted by atomic mass is 79.9. The van der Waals surface area contributed by atoms with E-state index in [-0.39, 0.29) is 11.2 Å². The molecule has 1 unspecified atom stereocenters. The molecule has 1 aromatic rings. The lowest BCUT2D eigenvalue weighted by molar-refractivity contribution is -0.117. The molecule has 0 radical (unpaired) electrons. The number of Topliss-reactive ketones (excluding diaryl/α,β-unsaturated/α-hetero) is 1. The summed E-state index contributed by atoms with van der Waals surface area (Å²) in [5, 5.41) is -0.203. The Bertz CT molecular complexity index is 294. The number of hydrogen-bond acceptors (Lipinski definition) is 1. The Morgan fingerprint density at radius 2 is 2.00 bits per heavy atom. The Morgan fingerprint density at radius 3 is 2.46 bits per heavy atom.